The van der Waals surface area contributed by atoms with Crippen molar-refractivity contribution in [1.82, 2.24) is 4.57 Å². The quantitative estimate of drug-likeness (QED) is 0.860. The first-order valence-corrected chi connectivity index (χ1v) is 6.11. The highest BCUT2D eigenvalue weighted by atomic mass is 16.5. The third-order valence-electron chi connectivity index (χ3n) is 2.87. The van der Waals surface area contributed by atoms with Crippen LogP contribution in [0.3, 0.4) is 0 Å². The summed E-state index contributed by atoms with van der Waals surface area (Å²) in [5, 5.41) is 1.25. The van der Waals surface area contributed by atoms with E-state index in [1.165, 1.54) is 16.6 Å². The minimum absolute atomic E-state index is 0.276. The SMILES string of the molecule is CC(C)OCCn1c(CN)cc2ccccc21. The number of para-hydroxylation sites is 1. The smallest absolute Gasteiger partial charge is 0.0649 e. The fourth-order valence-electron chi connectivity index (χ4n) is 2.08. The maximum atomic E-state index is 5.78. The molecule has 2 N–H and O–H groups in total. The van der Waals surface area contributed by atoms with Crippen LogP contribution in [-0.4, -0.2) is 17.3 Å². The highest BCUT2D eigenvalue weighted by Crippen LogP contribution is 2.19. The van der Waals surface area contributed by atoms with Crippen LogP contribution in [0.2, 0.25) is 0 Å². The summed E-state index contributed by atoms with van der Waals surface area (Å²) in [6.45, 7) is 6.26. The van der Waals surface area contributed by atoms with Gasteiger partial charge in [0.2, 0.25) is 0 Å². The highest BCUT2D eigenvalue weighted by molar-refractivity contribution is 5.81. The van der Waals surface area contributed by atoms with Gasteiger partial charge >= 0.3 is 0 Å². The fraction of sp³-hybridized carbons (Fsp3) is 0.429. The van der Waals surface area contributed by atoms with Gasteiger partial charge in [-0.2, -0.15) is 0 Å². The molecule has 17 heavy (non-hydrogen) atoms. The number of rotatable bonds is 5. The van der Waals surface area contributed by atoms with Gasteiger partial charge in [-0.3, -0.25) is 0 Å². The number of aromatic nitrogens is 1. The van der Waals surface area contributed by atoms with Crippen molar-refractivity contribution in [2.75, 3.05) is 6.61 Å². The lowest BCUT2D eigenvalue weighted by atomic mass is 10.2. The van der Waals surface area contributed by atoms with Crippen molar-refractivity contribution in [1.29, 1.82) is 0 Å². The number of benzene rings is 1. The molecular weight excluding hydrogens is 212 g/mol. The third kappa shape index (κ3) is 2.68. The zero-order chi connectivity index (χ0) is 12.3. The molecule has 0 spiro atoms. The van der Waals surface area contributed by atoms with Gasteiger partial charge in [-0.15, -0.1) is 0 Å². The molecule has 3 nitrogen and oxygen atoms in total. The van der Waals surface area contributed by atoms with E-state index >= 15 is 0 Å². The van der Waals surface area contributed by atoms with Crippen molar-refractivity contribution in [2.45, 2.75) is 33.0 Å². The van der Waals surface area contributed by atoms with Crippen molar-refractivity contribution in [3.8, 4) is 0 Å². The van der Waals surface area contributed by atoms with E-state index in [-0.39, 0.29) is 6.10 Å². The predicted octanol–water partition coefficient (Wildman–Crippen LogP) is 2.53. The molecule has 92 valence electrons. The van der Waals surface area contributed by atoms with Crippen LogP contribution in [0.5, 0.6) is 0 Å². The van der Waals surface area contributed by atoms with Gasteiger partial charge in [0.1, 0.15) is 0 Å². The van der Waals surface area contributed by atoms with Gasteiger partial charge in [-0.1, -0.05) is 18.2 Å². The average Bonchev–Trinajstić information content (AvgIpc) is 2.67. The largest absolute Gasteiger partial charge is 0.377 e. The van der Waals surface area contributed by atoms with E-state index in [1.807, 2.05) is 0 Å². The van der Waals surface area contributed by atoms with Crippen molar-refractivity contribution < 1.29 is 4.74 Å². The summed E-state index contributed by atoms with van der Waals surface area (Å²) in [5.41, 5.74) is 8.19. The summed E-state index contributed by atoms with van der Waals surface area (Å²) in [4.78, 5) is 0. The molecule has 1 aromatic carbocycles. The zero-order valence-corrected chi connectivity index (χ0v) is 10.5. The van der Waals surface area contributed by atoms with Gasteiger partial charge in [0.25, 0.3) is 0 Å². The third-order valence-corrected chi connectivity index (χ3v) is 2.87. The van der Waals surface area contributed by atoms with E-state index in [0.29, 0.717) is 6.54 Å². The lowest BCUT2D eigenvalue weighted by Crippen LogP contribution is -2.13. The molecule has 1 heterocycles. The van der Waals surface area contributed by atoms with E-state index in [9.17, 15) is 0 Å². The molecule has 0 amide bonds. The van der Waals surface area contributed by atoms with E-state index in [0.717, 1.165) is 13.2 Å². The van der Waals surface area contributed by atoms with Gasteiger partial charge in [0.15, 0.2) is 0 Å². The van der Waals surface area contributed by atoms with Crippen LogP contribution in [0.15, 0.2) is 30.3 Å². The summed E-state index contributed by atoms with van der Waals surface area (Å²) in [7, 11) is 0. The average molecular weight is 232 g/mol. The molecule has 0 fully saturated rings. The molecule has 0 aliphatic heterocycles. The van der Waals surface area contributed by atoms with Crippen LogP contribution in [0.4, 0.5) is 0 Å². The monoisotopic (exact) mass is 232 g/mol. The Morgan fingerprint density at radius 3 is 2.76 bits per heavy atom. The van der Waals surface area contributed by atoms with Crippen molar-refractivity contribution in [3.05, 3.63) is 36.0 Å². The Bertz CT molecular complexity index is 488. The Kier molecular flexibility index (Phi) is 3.82. The normalized spacial score (nSPS) is 11.5. The lowest BCUT2D eigenvalue weighted by Gasteiger charge is -2.11. The first kappa shape index (κ1) is 12.1. The van der Waals surface area contributed by atoms with Gasteiger partial charge < -0.3 is 15.0 Å². The predicted molar refractivity (Wildman–Crippen MR) is 70.9 cm³/mol. The molecule has 2 rings (SSSR count). The molecule has 0 unspecified atom stereocenters. The molecule has 0 aliphatic carbocycles. The van der Waals surface area contributed by atoms with Gasteiger partial charge in [-0.05, 0) is 31.4 Å². The van der Waals surface area contributed by atoms with Crippen LogP contribution in [-0.2, 0) is 17.8 Å². The van der Waals surface area contributed by atoms with E-state index < -0.39 is 0 Å². The molecule has 0 bridgehead atoms. The molecule has 0 atom stereocenters. The first-order valence-electron chi connectivity index (χ1n) is 6.11. The standard InChI is InChI=1S/C14H20N2O/c1-11(2)17-8-7-16-13(10-15)9-12-5-3-4-6-14(12)16/h3-6,9,11H,7-8,10,15H2,1-2H3. The van der Waals surface area contributed by atoms with E-state index in [4.69, 9.17) is 10.5 Å². The number of nitrogens with two attached hydrogens (primary N) is 1. The van der Waals surface area contributed by atoms with E-state index in [2.05, 4.69) is 48.7 Å². The Hall–Kier alpha value is -1.32. The highest BCUT2D eigenvalue weighted by Gasteiger charge is 2.06. The van der Waals surface area contributed by atoms with Crippen LogP contribution >= 0.6 is 0 Å². The lowest BCUT2D eigenvalue weighted by molar-refractivity contribution is 0.0730. The van der Waals surface area contributed by atoms with Crippen molar-refractivity contribution in [2.24, 2.45) is 5.73 Å². The number of ether oxygens (including phenoxy) is 1. The van der Waals surface area contributed by atoms with Crippen LogP contribution in [0, 0.1) is 0 Å². The van der Waals surface area contributed by atoms with E-state index in [1.54, 1.807) is 0 Å². The van der Waals surface area contributed by atoms with Gasteiger partial charge in [0, 0.05) is 24.3 Å². The molecule has 1 aromatic heterocycles. The molecular formula is C14H20N2O. The Balaban J connectivity index is 2.24. The van der Waals surface area contributed by atoms with Crippen LogP contribution < -0.4 is 5.73 Å². The molecule has 0 saturated heterocycles. The summed E-state index contributed by atoms with van der Waals surface area (Å²) in [6.07, 6.45) is 0.276. The molecule has 0 radical (unpaired) electrons. The number of nitrogens with zero attached hydrogens (tertiary/aromatic N) is 1. The minimum Gasteiger partial charge on any atom is -0.377 e. The topological polar surface area (TPSA) is 40.2 Å². The summed E-state index contributed by atoms with van der Waals surface area (Å²) in [5.74, 6) is 0. The summed E-state index contributed by atoms with van der Waals surface area (Å²) < 4.78 is 7.85. The van der Waals surface area contributed by atoms with Crippen LogP contribution in [0.1, 0.15) is 19.5 Å². The fourth-order valence-corrected chi connectivity index (χ4v) is 2.08. The molecule has 2 aromatic rings. The second kappa shape index (κ2) is 5.34. The summed E-state index contributed by atoms with van der Waals surface area (Å²) in [6, 6.07) is 10.5. The second-order valence-electron chi connectivity index (χ2n) is 4.47. The van der Waals surface area contributed by atoms with Gasteiger partial charge in [0.05, 0.1) is 12.7 Å². The van der Waals surface area contributed by atoms with Crippen molar-refractivity contribution in [3.63, 3.8) is 0 Å². The Morgan fingerprint density at radius 2 is 2.06 bits per heavy atom. The molecule has 3 heteroatoms. The number of hydrogen-bond donors (Lipinski definition) is 1. The number of hydrogen-bond acceptors (Lipinski definition) is 2. The molecule has 0 aliphatic rings. The van der Waals surface area contributed by atoms with Crippen LogP contribution in [0.25, 0.3) is 10.9 Å². The maximum absolute atomic E-state index is 5.78. The first-order chi connectivity index (χ1) is 8.22. The number of fused-ring (bicyclic) bond motifs is 1. The van der Waals surface area contributed by atoms with Crippen molar-refractivity contribution >= 4 is 10.9 Å². The summed E-state index contributed by atoms with van der Waals surface area (Å²) >= 11 is 0. The maximum Gasteiger partial charge on any atom is 0.0649 e. The molecule has 0 saturated carbocycles. The Morgan fingerprint density at radius 1 is 1.29 bits per heavy atom. The minimum atomic E-state index is 0.276. The second-order valence-corrected chi connectivity index (χ2v) is 4.47. The zero-order valence-electron chi connectivity index (χ0n) is 10.5. The van der Waals surface area contributed by atoms with Gasteiger partial charge in [-0.25, -0.2) is 0 Å². The Labute approximate surface area is 102 Å².